The molecule has 6 heteroatoms. The molecule has 0 amide bonds. The molecule has 1 aromatic heterocycles. The van der Waals surface area contributed by atoms with Crippen LogP contribution in [0.5, 0.6) is 0 Å². The van der Waals surface area contributed by atoms with Crippen LogP contribution in [0.1, 0.15) is 28.7 Å². The van der Waals surface area contributed by atoms with E-state index in [1.54, 1.807) is 12.5 Å². The average molecular weight is 441 g/mol. The van der Waals surface area contributed by atoms with Gasteiger partial charge in [-0.2, -0.15) is 11.8 Å². The minimum absolute atomic E-state index is 0.0473. The normalized spacial score (nSPS) is 20.9. The van der Waals surface area contributed by atoms with Crippen LogP contribution in [0.2, 0.25) is 0 Å². The van der Waals surface area contributed by atoms with Gasteiger partial charge in [-0.05, 0) is 54.7 Å². The summed E-state index contributed by atoms with van der Waals surface area (Å²) in [6.07, 6.45) is 6.99. The van der Waals surface area contributed by atoms with Crippen molar-refractivity contribution in [3.8, 4) is 0 Å². The van der Waals surface area contributed by atoms with Crippen molar-refractivity contribution in [3.05, 3.63) is 89.3 Å². The smallest absolute Gasteiger partial charge is 0.187 e. The molecule has 2 atom stereocenters. The molecule has 0 spiro atoms. The van der Waals surface area contributed by atoms with Crippen LogP contribution in [0, 0.1) is 19.7 Å². The van der Waals surface area contributed by atoms with Crippen LogP contribution in [-0.4, -0.2) is 33.8 Å². The highest BCUT2D eigenvalue weighted by Crippen LogP contribution is 2.33. The van der Waals surface area contributed by atoms with Gasteiger partial charge in [0.1, 0.15) is 5.82 Å². The van der Waals surface area contributed by atoms with Crippen LogP contribution < -0.4 is 0 Å². The van der Waals surface area contributed by atoms with Gasteiger partial charge in [0.2, 0.25) is 0 Å². The van der Waals surface area contributed by atoms with Gasteiger partial charge in [-0.3, -0.25) is 0 Å². The van der Waals surface area contributed by atoms with Crippen LogP contribution in [0.4, 0.5) is 4.39 Å². The number of hydrogen-bond donors (Lipinski definition) is 0. The number of halogens is 1. The third-order valence-corrected chi connectivity index (χ3v) is 6.90. The van der Waals surface area contributed by atoms with Crippen molar-refractivity contribution in [2.45, 2.75) is 50.9 Å². The molecule has 1 saturated heterocycles. The minimum Gasteiger partial charge on any atom is -0.345 e. The molecule has 0 aliphatic carbocycles. The number of hydrogen-bond acceptors (Lipinski definition) is 4. The molecule has 3 aromatic rings. The van der Waals surface area contributed by atoms with Gasteiger partial charge < -0.3 is 14.0 Å². The molecular weight excluding hydrogens is 411 g/mol. The first kappa shape index (κ1) is 22.1. The zero-order valence-electron chi connectivity index (χ0n) is 18.1. The molecule has 0 saturated carbocycles. The van der Waals surface area contributed by atoms with Gasteiger partial charge in [-0.1, -0.05) is 30.3 Å². The van der Waals surface area contributed by atoms with Crippen molar-refractivity contribution < 1.29 is 13.9 Å². The number of nitrogens with zero attached hydrogens (tertiary/aromatic N) is 2. The second-order valence-electron chi connectivity index (χ2n) is 8.21. The second-order valence-corrected chi connectivity index (χ2v) is 9.24. The first-order chi connectivity index (χ1) is 15.0. The van der Waals surface area contributed by atoms with Crippen molar-refractivity contribution in [2.75, 3.05) is 12.4 Å². The van der Waals surface area contributed by atoms with E-state index in [1.807, 2.05) is 34.7 Å². The fraction of sp³-hybridized carbons (Fsp3) is 0.400. The molecule has 2 aromatic carbocycles. The maximum Gasteiger partial charge on any atom is 0.187 e. The summed E-state index contributed by atoms with van der Waals surface area (Å²) in [5, 5.41) is 0. The summed E-state index contributed by atoms with van der Waals surface area (Å²) in [6, 6.07) is 13.1. The number of aromatic nitrogens is 2. The lowest BCUT2D eigenvalue weighted by Gasteiger charge is -2.28. The molecule has 31 heavy (non-hydrogen) atoms. The molecule has 1 fully saturated rings. The zero-order valence-corrected chi connectivity index (χ0v) is 18.9. The van der Waals surface area contributed by atoms with E-state index in [0.717, 1.165) is 23.5 Å². The Labute approximate surface area is 187 Å². The van der Waals surface area contributed by atoms with E-state index in [1.165, 1.54) is 28.8 Å². The summed E-state index contributed by atoms with van der Waals surface area (Å²) in [5.74, 6) is 0.948. The van der Waals surface area contributed by atoms with E-state index < -0.39 is 5.79 Å². The lowest BCUT2D eigenvalue weighted by molar-refractivity contribution is -0.180. The molecule has 164 valence electrons. The van der Waals surface area contributed by atoms with E-state index in [4.69, 9.17) is 9.47 Å². The molecule has 0 bridgehead atoms. The number of rotatable bonds is 9. The van der Waals surface area contributed by atoms with Gasteiger partial charge >= 0.3 is 0 Å². The maximum atomic E-state index is 13.2. The Hall–Kier alpha value is -2.15. The Morgan fingerprint density at radius 1 is 1.16 bits per heavy atom. The number of ether oxygens (including phenoxy) is 2. The van der Waals surface area contributed by atoms with Crippen molar-refractivity contribution in [1.82, 2.24) is 9.55 Å². The van der Waals surface area contributed by atoms with E-state index in [2.05, 4.69) is 37.0 Å². The van der Waals surface area contributed by atoms with Gasteiger partial charge in [-0.15, -0.1) is 0 Å². The molecule has 0 N–H and O–H groups in total. The van der Waals surface area contributed by atoms with Gasteiger partial charge in [0.05, 0.1) is 25.6 Å². The highest BCUT2D eigenvalue weighted by atomic mass is 32.2. The molecule has 0 radical (unpaired) electrons. The second kappa shape index (κ2) is 9.98. The summed E-state index contributed by atoms with van der Waals surface area (Å²) in [7, 11) is 0. The van der Waals surface area contributed by atoms with Crippen molar-refractivity contribution in [1.29, 1.82) is 0 Å². The maximum absolute atomic E-state index is 13.2. The van der Waals surface area contributed by atoms with Crippen molar-refractivity contribution in [2.24, 2.45) is 0 Å². The van der Waals surface area contributed by atoms with Crippen molar-refractivity contribution in [3.63, 3.8) is 0 Å². The quantitative estimate of drug-likeness (QED) is 0.451. The lowest BCUT2D eigenvalue weighted by atomic mass is 10.0. The fourth-order valence-corrected chi connectivity index (χ4v) is 5.21. The van der Waals surface area contributed by atoms with Gasteiger partial charge in [0.15, 0.2) is 5.79 Å². The van der Waals surface area contributed by atoms with Gasteiger partial charge in [-0.25, -0.2) is 9.37 Å². The summed E-state index contributed by atoms with van der Waals surface area (Å²) in [6.45, 7) is 5.51. The molecule has 1 aliphatic rings. The fourth-order valence-electron chi connectivity index (χ4n) is 4.01. The van der Waals surface area contributed by atoms with Gasteiger partial charge in [0, 0.05) is 30.3 Å². The Kier molecular flexibility index (Phi) is 7.10. The predicted molar refractivity (Wildman–Crippen MR) is 123 cm³/mol. The minimum atomic E-state index is -0.696. The number of thioether (sulfide) groups is 1. The van der Waals surface area contributed by atoms with Crippen molar-refractivity contribution >= 4 is 11.8 Å². The summed E-state index contributed by atoms with van der Waals surface area (Å²) in [4.78, 5) is 4.15. The summed E-state index contributed by atoms with van der Waals surface area (Å²) < 4.78 is 28.0. The Morgan fingerprint density at radius 2 is 1.94 bits per heavy atom. The Bertz CT molecular complexity index is 957. The molecule has 1 aliphatic heterocycles. The van der Waals surface area contributed by atoms with E-state index in [0.29, 0.717) is 19.6 Å². The van der Waals surface area contributed by atoms with Crippen LogP contribution >= 0.6 is 11.8 Å². The lowest BCUT2D eigenvalue weighted by Crippen LogP contribution is -2.37. The van der Waals surface area contributed by atoms with E-state index in [9.17, 15) is 4.39 Å². The van der Waals surface area contributed by atoms with Crippen LogP contribution in [0.25, 0.3) is 0 Å². The molecule has 2 heterocycles. The molecular formula is C25H29FN2O2S. The first-order valence-electron chi connectivity index (χ1n) is 10.7. The zero-order chi connectivity index (χ0) is 21.7. The molecule has 2 unspecified atom stereocenters. The number of aryl methyl sites for hydroxylation is 3. The third kappa shape index (κ3) is 5.76. The Balaban J connectivity index is 1.37. The number of benzene rings is 2. The standard InChI is InChI=1S/C25H29FN2O2S/c1-19-4-3-5-20(2)24(19)16-31-15-23-14-29-25(30-23,17-28-13-12-27-18-28)11-10-21-6-8-22(26)9-7-21/h3-9,12-13,18,23H,10-11,14-17H2,1-2H3. The highest BCUT2D eigenvalue weighted by Gasteiger charge is 2.41. The Morgan fingerprint density at radius 3 is 2.65 bits per heavy atom. The predicted octanol–water partition coefficient (Wildman–Crippen LogP) is 5.32. The molecule has 4 nitrogen and oxygen atoms in total. The highest BCUT2D eigenvalue weighted by molar-refractivity contribution is 7.98. The molecule has 4 rings (SSSR count). The summed E-state index contributed by atoms with van der Waals surface area (Å²) in [5.41, 5.74) is 5.16. The topological polar surface area (TPSA) is 36.3 Å². The van der Waals surface area contributed by atoms with Crippen LogP contribution in [-0.2, 0) is 28.2 Å². The third-order valence-electron chi connectivity index (χ3n) is 5.80. The van der Waals surface area contributed by atoms with E-state index >= 15 is 0 Å². The largest absolute Gasteiger partial charge is 0.345 e. The van der Waals surface area contributed by atoms with Crippen LogP contribution in [0.3, 0.4) is 0 Å². The SMILES string of the molecule is Cc1cccc(C)c1CSCC1COC(CCc2ccc(F)cc2)(Cn2ccnc2)O1. The van der Waals surface area contributed by atoms with Gasteiger partial charge in [0.25, 0.3) is 0 Å². The summed E-state index contributed by atoms with van der Waals surface area (Å²) >= 11 is 1.89. The average Bonchev–Trinajstić information content (AvgIpc) is 3.41. The van der Waals surface area contributed by atoms with E-state index in [-0.39, 0.29) is 11.9 Å². The first-order valence-corrected chi connectivity index (χ1v) is 11.8. The van der Waals surface area contributed by atoms with Crippen LogP contribution in [0.15, 0.2) is 61.2 Å². The monoisotopic (exact) mass is 440 g/mol. The number of imidazole rings is 1.